The summed E-state index contributed by atoms with van der Waals surface area (Å²) in [6.45, 7) is 3.93. The molecular formula is C36H39N3O10S. The number of phenolic OH excluding ortho intramolecular Hbond substituents is 3. The van der Waals surface area contributed by atoms with Gasteiger partial charge in [0.05, 0.1) is 37.6 Å². The van der Waals surface area contributed by atoms with Crippen LogP contribution in [0.25, 0.3) is 0 Å². The number of phenols is 3. The van der Waals surface area contributed by atoms with E-state index in [0.29, 0.717) is 64.5 Å². The summed E-state index contributed by atoms with van der Waals surface area (Å²) < 4.78 is 29.4. The number of piperazine rings is 1. The van der Waals surface area contributed by atoms with E-state index in [1.165, 1.54) is 26.0 Å². The maximum atomic E-state index is 14.5. The van der Waals surface area contributed by atoms with E-state index in [1.54, 1.807) is 19.1 Å². The van der Waals surface area contributed by atoms with E-state index < -0.39 is 47.2 Å². The number of hydrogen-bond acceptors (Lipinski definition) is 14. The zero-order chi connectivity index (χ0) is 34.8. The number of nitrogens with one attached hydrogen (secondary N) is 2. The molecule has 4 bridgehead atoms. The monoisotopic (exact) mass is 705 g/mol. The lowest BCUT2D eigenvalue weighted by Crippen LogP contribution is -2.69. The number of fused-ring (bicyclic) bond motifs is 9. The van der Waals surface area contributed by atoms with Crippen LogP contribution in [0.4, 0.5) is 0 Å². The minimum atomic E-state index is -1.32. The number of rotatable bonds is 2. The lowest BCUT2D eigenvalue weighted by molar-refractivity contribution is -0.164. The zero-order valence-electron chi connectivity index (χ0n) is 28.0. The number of aryl methyl sites for hydroxylation is 1. The number of carbonyl (C=O) groups excluding carboxylic acids is 1. The van der Waals surface area contributed by atoms with Crippen LogP contribution >= 0.6 is 11.8 Å². The van der Waals surface area contributed by atoms with Crippen LogP contribution in [0, 0.1) is 13.8 Å². The van der Waals surface area contributed by atoms with E-state index in [-0.39, 0.29) is 42.2 Å². The molecule has 7 aliphatic heterocycles. The van der Waals surface area contributed by atoms with Crippen LogP contribution in [0.5, 0.6) is 40.2 Å². The highest BCUT2D eigenvalue weighted by Gasteiger charge is 2.59. The van der Waals surface area contributed by atoms with Gasteiger partial charge in [-0.3, -0.25) is 10.2 Å². The predicted molar refractivity (Wildman–Crippen MR) is 180 cm³/mol. The average Bonchev–Trinajstić information content (AvgIpc) is 3.60. The summed E-state index contributed by atoms with van der Waals surface area (Å²) in [5.74, 6) is 1.27. The minimum Gasteiger partial charge on any atom is -0.507 e. The first-order valence-corrected chi connectivity index (χ1v) is 17.8. The molecule has 7 atom stereocenters. The SMILES string of the molecule is COc1cc2c(cc1O)CCN[C@]21CS[C@@H]2c3c(O)c(C)c4c(c3[C@H](COC1=O)N1C2[C@@H]2N[C@@H](Cc3cc(C)c(OC)c(O)c32)[C@@H]1O)OCO4. The first-order valence-electron chi connectivity index (χ1n) is 16.8. The van der Waals surface area contributed by atoms with Crippen molar-refractivity contribution in [1.82, 2.24) is 15.5 Å². The molecule has 50 heavy (non-hydrogen) atoms. The highest BCUT2D eigenvalue weighted by atomic mass is 32.2. The molecule has 6 N–H and O–H groups in total. The number of nitrogens with zero attached hydrogens (tertiary/aromatic N) is 1. The fourth-order valence-electron chi connectivity index (χ4n) is 9.34. The molecule has 0 radical (unpaired) electrons. The van der Waals surface area contributed by atoms with Crippen molar-refractivity contribution in [2.24, 2.45) is 0 Å². The van der Waals surface area contributed by atoms with Gasteiger partial charge in [0.25, 0.3) is 0 Å². The first kappa shape index (κ1) is 31.9. The summed E-state index contributed by atoms with van der Waals surface area (Å²) in [6.07, 6.45) is 0.00351. The standard InChI is InChI=1S/C36H39N3O10S/c1-14-7-17-8-19-34(43)39-20-11-47-35(44)36(18-10-22(45-3)21(40)9-16(18)5-6-37-36)12-50-33(27(39)26(38-19)23(17)29(42)30(14)46-4)25-24(20)32-31(48-13-49-32)15(2)28(25)41/h7,9-10,19-20,26-27,33-34,37-38,40-43H,5-6,8,11-13H2,1-4H3/t19-,20-,26+,27?,33+,34-,36+/m0/s1. The molecule has 2 fully saturated rings. The van der Waals surface area contributed by atoms with Crippen LogP contribution in [-0.4, -0.2) is 89.5 Å². The Morgan fingerprint density at radius 2 is 1.78 bits per heavy atom. The second-order valence-corrected chi connectivity index (χ2v) is 15.1. The Morgan fingerprint density at radius 3 is 2.56 bits per heavy atom. The lowest BCUT2D eigenvalue weighted by Gasteiger charge is -2.59. The Hall–Kier alpha value is -4.08. The van der Waals surface area contributed by atoms with Crippen molar-refractivity contribution in [1.29, 1.82) is 0 Å². The number of hydrogen-bond donors (Lipinski definition) is 6. The van der Waals surface area contributed by atoms with Crippen LogP contribution in [0.3, 0.4) is 0 Å². The van der Waals surface area contributed by atoms with Crippen LogP contribution in [0.15, 0.2) is 18.2 Å². The second-order valence-electron chi connectivity index (χ2n) is 13.9. The van der Waals surface area contributed by atoms with Crippen LogP contribution in [0.1, 0.15) is 61.8 Å². The summed E-state index contributed by atoms with van der Waals surface area (Å²) in [6, 6.07) is 3.15. The van der Waals surface area contributed by atoms with Crippen molar-refractivity contribution in [3.63, 3.8) is 0 Å². The molecule has 1 unspecified atom stereocenters. The third-order valence-corrected chi connectivity index (χ3v) is 13.0. The Morgan fingerprint density at radius 1 is 0.980 bits per heavy atom. The number of carbonyl (C=O) groups is 1. The van der Waals surface area contributed by atoms with E-state index in [2.05, 4.69) is 10.6 Å². The van der Waals surface area contributed by atoms with E-state index in [4.69, 9.17) is 23.7 Å². The van der Waals surface area contributed by atoms with Gasteiger partial charge in [0.2, 0.25) is 6.79 Å². The van der Waals surface area contributed by atoms with Crippen LogP contribution in [-0.2, 0) is 27.9 Å². The number of benzene rings is 3. The molecule has 13 nitrogen and oxygen atoms in total. The molecule has 1 spiro atoms. The minimum absolute atomic E-state index is 0.0115. The van der Waals surface area contributed by atoms with Gasteiger partial charge in [-0.1, -0.05) is 6.07 Å². The smallest absolute Gasteiger partial charge is 0.331 e. The molecule has 14 heteroatoms. The molecule has 3 aromatic carbocycles. The maximum absolute atomic E-state index is 14.5. The summed E-state index contributed by atoms with van der Waals surface area (Å²) in [5.41, 5.74) is 4.29. The number of aliphatic hydroxyl groups is 1. The molecule has 10 rings (SSSR count). The maximum Gasteiger partial charge on any atom is 0.331 e. The highest BCUT2D eigenvalue weighted by molar-refractivity contribution is 7.99. The van der Waals surface area contributed by atoms with Gasteiger partial charge in [0.15, 0.2) is 40.0 Å². The Bertz CT molecular complexity index is 1970. The van der Waals surface area contributed by atoms with Gasteiger partial charge in [0, 0.05) is 40.6 Å². The van der Waals surface area contributed by atoms with Crippen molar-refractivity contribution in [3.05, 3.63) is 62.7 Å². The van der Waals surface area contributed by atoms with Crippen molar-refractivity contribution in [2.45, 2.75) is 67.9 Å². The fraction of sp³-hybridized carbons (Fsp3) is 0.472. The number of aliphatic hydroxyl groups excluding tert-OH is 1. The summed E-state index contributed by atoms with van der Waals surface area (Å²) in [5, 5.41) is 53.3. The van der Waals surface area contributed by atoms with Gasteiger partial charge in [-0.25, -0.2) is 4.79 Å². The fourth-order valence-corrected chi connectivity index (χ4v) is 11.0. The molecule has 0 amide bonds. The molecule has 0 saturated carbocycles. The lowest BCUT2D eigenvalue weighted by atomic mass is 9.74. The number of ether oxygens (including phenoxy) is 5. The zero-order valence-corrected chi connectivity index (χ0v) is 28.8. The largest absolute Gasteiger partial charge is 0.507 e. The molecule has 3 aromatic rings. The van der Waals surface area contributed by atoms with E-state index in [9.17, 15) is 25.2 Å². The van der Waals surface area contributed by atoms with E-state index >= 15 is 0 Å². The number of methoxy groups -OCH3 is 2. The van der Waals surface area contributed by atoms with Crippen molar-refractivity contribution >= 4 is 17.7 Å². The van der Waals surface area contributed by atoms with Crippen molar-refractivity contribution in [3.8, 4) is 40.2 Å². The molecule has 2 saturated heterocycles. The van der Waals surface area contributed by atoms with Crippen molar-refractivity contribution < 1.29 is 48.9 Å². The first-order chi connectivity index (χ1) is 24.1. The van der Waals surface area contributed by atoms with Gasteiger partial charge >= 0.3 is 5.97 Å². The Balaban J connectivity index is 1.28. The molecule has 0 aromatic heterocycles. The summed E-state index contributed by atoms with van der Waals surface area (Å²) in [7, 11) is 3.00. The summed E-state index contributed by atoms with van der Waals surface area (Å²) in [4.78, 5) is 16.5. The van der Waals surface area contributed by atoms with Gasteiger partial charge in [0.1, 0.15) is 18.6 Å². The predicted octanol–water partition coefficient (Wildman–Crippen LogP) is 2.85. The van der Waals surface area contributed by atoms with Gasteiger partial charge in [-0.2, -0.15) is 0 Å². The summed E-state index contributed by atoms with van der Waals surface area (Å²) >= 11 is 1.46. The van der Waals surface area contributed by atoms with Gasteiger partial charge in [-0.05, 0) is 61.1 Å². The van der Waals surface area contributed by atoms with Crippen molar-refractivity contribution in [2.75, 3.05) is 39.9 Å². The topological polar surface area (TPSA) is 171 Å². The molecular weight excluding hydrogens is 666 g/mol. The highest BCUT2D eigenvalue weighted by Crippen LogP contribution is 2.63. The number of thioether (sulfide) groups is 1. The number of aromatic hydroxyl groups is 3. The van der Waals surface area contributed by atoms with Crippen LogP contribution < -0.4 is 29.6 Å². The average molecular weight is 706 g/mol. The molecule has 264 valence electrons. The number of esters is 1. The molecule has 0 aliphatic carbocycles. The third kappa shape index (κ3) is 4.13. The molecule has 7 aliphatic rings. The van der Waals surface area contributed by atoms with Gasteiger partial charge < -0.3 is 49.4 Å². The quantitative estimate of drug-likeness (QED) is 0.215. The normalized spacial score (nSPS) is 30.5. The Kier molecular flexibility index (Phi) is 7.14. The van der Waals surface area contributed by atoms with E-state index in [0.717, 1.165) is 16.7 Å². The second kappa shape index (κ2) is 11.2. The van der Waals surface area contributed by atoms with Crippen LogP contribution in [0.2, 0.25) is 0 Å². The van der Waals surface area contributed by atoms with E-state index in [1.807, 2.05) is 17.9 Å². The Labute approximate surface area is 292 Å². The van der Waals surface area contributed by atoms with Gasteiger partial charge in [-0.15, -0.1) is 11.8 Å². The third-order valence-electron chi connectivity index (χ3n) is 11.5. The molecule has 7 heterocycles.